The Morgan fingerprint density at radius 2 is 2.19 bits per heavy atom. The van der Waals surface area contributed by atoms with E-state index in [0.29, 0.717) is 5.56 Å². The van der Waals surface area contributed by atoms with Crippen molar-refractivity contribution in [1.82, 2.24) is 4.98 Å². The van der Waals surface area contributed by atoms with Crippen molar-refractivity contribution in [2.45, 2.75) is 26.7 Å². The number of hydrogen-bond acceptors (Lipinski definition) is 3. The molecular formula is C11H13F2NO2. The molecule has 16 heavy (non-hydrogen) atoms. The Hall–Kier alpha value is -1.52. The molecule has 1 heterocycles. The number of ether oxygens (including phenoxy) is 1. The van der Waals surface area contributed by atoms with Gasteiger partial charge in [-0.1, -0.05) is 0 Å². The minimum absolute atomic E-state index is 0.122. The third-order valence-corrected chi connectivity index (χ3v) is 2.13. The third-order valence-electron chi connectivity index (χ3n) is 2.13. The van der Waals surface area contributed by atoms with Gasteiger partial charge < -0.3 is 4.74 Å². The summed E-state index contributed by atoms with van der Waals surface area (Å²) < 4.78 is 30.2. The lowest BCUT2D eigenvalue weighted by Crippen LogP contribution is -2.10. The fourth-order valence-corrected chi connectivity index (χ4v) is 1.45. The molecule has 88 valence electrons. The predicted molar refractivity (Wildman–Crippen MR) is 54.3 cm³/mol. The smallest absolute Gasteiger partial charge is 0.310 e. The molecule has 0 spiro atoms. The maximum absolute atomic E-state index is 12.7. The Kier molecular flexibility index (Phi) is 4.34. The van der Waals surface area contributed by atoms with E-state index in [1.165, 1.54) is 12.4 Å². The lowest BCUT2D eigenvalue weighted by molar-refractivity contribution is -0.142. The predicted octanol–water partition coefficient (Wildman–Crippen LogP) is 2.43. The second kappa shape index (κ2) is 5.53. The quantitative estimate of drug-likeness (QED) is 0.744. The van der Waals surface area contributed by atoms with Gasteiger partial charge in [-0.05, 0) is 25.0 Å². The van der Waals surface area contributed by atoms with E-state index in [2.05, 4.69) is 4.98 Å². The molecule has 1 aromatic heterocycles. The van der Waals surface area contributed by atoms with E-state index in [-0.39, 0.29) is 24.2 Å². The highest BCUT2D eigenvalue weighted by molar-refractivity contribution is 5.73. The Bertz CT molecular complexity index is 380. The van der Waals surface area contributed by atoms with Gasteiger partial charge in [-0.25, -0.2) is 8.78 Å². The lowest BCUT2D eigenvalue weighted by atomic mass is 10.0. The molecular weight excluding hydrogens is 216 g/mol. The number of aryl methyl sites for hydroxylation is 1. The van der Waals surface area contributed by atoms with Crippen molar-refractivity contribution in [3.63, 3.8) is 0 Å². The van der Waals surface area contributed by atoms with Crippen LogP contribution in [-0.2, 0) is 16.0 Å². The maximum atomic E-state index is 12.7. The molecule has 0 amide bonds. The van der Waals surface area contributed by atoms with Crippen molar-refractivity contribution in [3.8, 4) is 0 Å². The summed E-state index contributed by atoms with van der Waals surface area (Å²) in [6.45, 7) is 3.45. The van der Waals surface area contributed by atoms with Crippen LogP contribution in [0.25, 0.3) is 0 Å². The van der Waals surface area contributed by atoms with Crippen LogP contribution in [0, 0.1) is 6.92 Å². The third kappa shape index (κ3) is 2.98. The van der Waals surface area contributed by atoms with E-state index in [1.54, 1.807) is 13.8 Å². The van der Waals surface area contributed by atoms with Crippen molar-refractivity contribution in [2.24, 2.45) is 0 Å². The SMILES string of the molecule is CCOC(=O)Cc1cncc(C)c1C(F)F. The largest absolute Gasteiger partial charge is 0.466 e. The number of aromatic nitrogens is 1. The average molecular weight is 229 g/mol. The second-order valence-corrected chi connectivity index (χ2v) is 3.31. The van der Waals surface area contributed by atoms with Gasteiger partial charge >= 0.3 is 5.97 Å². The van der Waals surface area contributed by atoms with Crippen molar-refractivity contribution < 1.29 is 18.3 Å². The summed E-state index contributed by atoms with van der Waals surface area (Å²) >= 11 is 0. The highest BCUT2D eigenvalue weighted by atomic mass is 19.3. The van der Waals surface area contributed by atoms with Crippen LogP contribution in [0.4, 0.5) is 8.78 Å². The molecule has 1 rings (SSSR count). The zero-order valence-corrected chi connectivity index (χ0v) is 9.17. The number of rotatable bonds is 4. The van der Waals surface area contributed by atoms with E-state index in [1.807, 2.05) is 0 Å². The van der Waals surface area contributed by atoms with Gasteiger partial charge in [-0.2, -0.15) is 0 Å². The molecule has 3 nitrogen and oxygen atoms in total. The molecule has 0 saturated carbocycles. The second-order valence-electron chi connectivity index (χ2n) is 3.31. The lowest BCUT2D eigenvalue weighted by Gasteiger charge is -2.10. The number of carbonyl (C=O) groups excluding carboxylic acids is 1. The molecule has 0 atom stereocenters. The van der Waals surface area contributed by atoms with E-state index in [9.17, 15) is 13.6 Å². The minimum atomic E-state index is -2.60. The number of halogens is 2. The van der Waals surface area contributed by atoms with E-state index >= 15 is 0 Å². The summed E-state index contributed by atoms with van der Waals surface area (Å²) in [6.07, 6.45) is -0.128. The fourth-order valence-electron chi connectivity index (χ4n) is 1.45. The van der Waals surface area contributed by atoms with Crippen LogP contribution >= 0.6 is 0 Å². The number of hydrogen-bond donors (Lipinski definition) is 0. The van der Waals surface area contributed by atoms with Crippen LogP contribution in [0.2, 0.25) is 0 Å². The molecule has 0 aromatic carbocycles. The number of nitrogens with zero attached hydrogens (tertiary/aromatic N) is 1. The van der Waals surface area contributed by atoms with Crippen LogP contribution in [0.1, 0.15) is 30.0 Å². The van der Waals surface area contributed by atoms with Gasteiger partial charge in [-0.3, -0.25) is 9.78 Å². The van der Waals surface area contributed by atoms with Crippen LogP contribution in [-0.4, -0.2) is 17.6 Å². The first-order chi connectivity index (χ1) is 7.56. The van der Waals surface area contributed by atoms with Crippen molar-refractivity contribution in [2.75, 3.05) is 6.61 Å². The highest BCUT2D eigenvalue weighted by Gasteiger charge is 2.18. The molecule has 0 aliphatic heterocycles. The van der Waals surface area contributed by atoms with Gasteiger partial charge in [0.05, 0.1) is 13.0 Å². The first kappa shape index (κ1) is 12.5. The molecule has 0 N–H and O–H groups in total. The summed E-state index contributed by atoms with van der Waals surface area (Å²) in [6, 6.07) is 0. The maximum Gasteiger partial charge on any atom is 0.310 e. The Balaban J connectivity index is 2.95. The standard InChI is InChI=1S/C11H13F2NO2/c1-3-16-9(15)4-8-6-14-5-7(2)10(8)11(12)13/h5-6,11H,3-4H2,1-2H3. The molecule has 0 aliphatic rings. The van der Waals surface area contributed by atoms with Crippen molar-refractivity contribution >= 4 is 5.97 Å². The molecule has 0 fully saturated rings. The summed E-state index contributed by atoms with van der Waals surface area (Å²) in [5.74, 6) is -0.517. The number of alkyl halides is 2. The molecule has 0 aliphatic carbocycles. The van der Waals surface area contributed by atoms with Crippen LogP contribution in [0.5, 0.6) is 0 Å². The van der Waals surface area contributed by atoms with E-state index in [4.69, 9.17) is 4.74 Å². The number of esters is 1. The summed E-state index contributed by atoms with van der Waals surface area (Å²) in [5, 5.41) is 0. The molecule has 5 heteroatoms. The van der Waals surface area contributed by atoms with Gasteiger partial charge in [0.2, 0.25) is 0 Å². The Labute approximate surface area is 92.4 Å². The van der Waals surface area contributed by atoms with Gasteiger partial charge in [0, 0.05) is 18.0 Å². The van der Waals surface area contributed by atoms with Gasteiger partial charge in [0.25, 0.3) is 6.43 Å². The fraction of sp³-hybridized carbons (Fsp3) is 0.455. The number of pyridine rings is 1. The topological polar surface area (TPSA) is 39.2 Å². The minimum Gasteiger partial charge on any atom is -0.466 e. The molecule has 0 radical (unpaired) electrons. The normalized spacial score (nSPS) is 10.6. The molecule has 0 bridgehead atoms. The summed E-state index contributed by atoms with van der Waals surface area (Å²) in [5.41, 5.74) is 0.494. The van der Waals surface area contributed by atoms with E-state index < -0.39 is 12.4 Å². The van der Waals surface area contributed by atoms with Crippen LogP contribution in [0.15, 0.2) is 12.4 Å². The Morgan fingerprint density at radius 1 is 1.50 bits per heavy atom. The first-order valence-electron chi connectivity index (χ1n) is 4.93. The molecule has 1 aromatic rings. The van der Waals surface area contributed by atoms with Gasteiger partial charge in [0.1, 0.15) is 0 Å². The molecule has 0 unspecified atom stereocenters. The van der Waals surface area contributed by atoms with Gasteiger partial charge in [-0.15, -0.1) is 0 Å². The first-order valence-corrected chi connectivity index (χ1v) is 4.93. The average Bonchev–Trinajstić information content (AvgIpc) is 2.17. The van der Waals surface area contributed by atoms with Crippen LogP contribution < -0.4 is 0 Å². The van der Waals surface area contributed by atoms with Gasteiger partial charge in [0.15, 0.2) is 0 Å². The molecule has 0 saturated heterocycles. The van der Waals surface area contributed by atoms with Crippen LogP contribution in [0.3, 0.4) is 0 Å². The monoisotopic (exact) mass is 229 g/mol. The van der Waals surface area contributed by atoms with E-state index in [0.717, 1.165) is 0 Å². The number of carbonyl (C=O) groups is 1. The van der Waals surface area contributed by atoms with Crippen molar-refractivity contribution in [1.29, 1.82) is 0 Å². The zero-order chi connectivity index (χ0) is 12.1. The summed E-state index contributed by atoms with van der Waals surface area (Å²) in [4.78, 5) is 15.0. The zero-order valence-electron chi connectivity index (χ0n) is 9.17. The summed E-state index contributed by atoms with van der Waals surface area (Å²) in [7, 11) is 0. The highest BCUT2D eigenvalue weighted by Crippen LogP contribution is 2.26. The van der Waals surface area contributed by atoms with Crippen molar-refractivity contribution in [3.05, 3.63) is 29.1 Å². The Morgan fingerprint density at radius 3 is 2.75 bits per heavy atom.